The number of benzene rings is 1. The van der Waals surface area contributed by atoms with Gasteiger partial charge in [0.25, 0.3) is 5.91 Å². The summed E-state index contributed by atoms with van der Waals surface area (Å²) in [6, 6.07) is 3.08. The van der Waals surface area contributed by atoms with Crippen LogP contribution in [0.15, 0.2) is 18.3 Å². The lowest BCUT2D eigenvalue weighted by atomic mass is 9.99. The molecule has 5 rings (SSSR count). The van der Waals surface area contributed by atoms with E-state index in [1.807, 2.05) is 6.92 Å². The zero-order chi connectivity index (χ0) is 28.0. The van der Waals surface area contributed by atoms with Crippen LogP contribution in [0.25, 0.3) is 22.2 Å². The molecule has 1 saturated carbocycles. The Morgan fingerprint density at radius 2 is 1.95 bits per heavy atom. The zero-order valence-corrected chi connectivity index (χ0v) is 21.8. The van der Waals surface area contributed by atoms with Gasteiger partial charge in [0, 0.05) is 31.3 Å². The van der Waals surface area contributed by atoms with E-state index in [0.717, 1.165) is 12.8 Å². The van der Waals surface area contributed by atoms with E-state index in [4.69, 9.17) is 14.2 Å². The first-order chi connectivity index (χ1) is 18.6. The number of aromatic nitrogens is 3. The van der Waals surface area contributed by atoms with Crippen LogP contribution in [-0.2, 0) is 27.4 Å². The summed E-state index contributed by atoms with van der Waals surface area (Å²) in [6.45, 7) is 0.128. The highest BCUT2D eigenvalue weighted by Gasteiger charge is 2.40. The first-order valence-corrected chi connectivity index (χ1v) is 12.3. The lowest BCUT2D eigenvalue weighted by Gasteiger charge is -2.24. The van der Waals surface area contributed by atoms with Gasteiger partial charge < -0.3 is 23.7 Å². The molecule has 11 nitrogen and oxygen atoms in total. The Labute approximate surface area is 222 Å². The minimum Gasteiger partial charge on any atom is -0.480 e. The van der Waals surface area contributed by atoms with Gasteiger partial charge in [0.2, 0.25) is 17.7 Å². The Bertz CT molecular complexity index is 1490. The fraction of sp³-hybridized carbons (Fsp3) is 0.423. The van der Waals surface area contributed by atoms with Gasteiger partial charge in [-0.3, -0.25) is 19.7 Å². The number of carbonyl (C=O) groups is 3. The van der Waals surface area contributed by atoms with Crippen molar-refractivity contribution in [1.82, 2.24) is 19.4 Å². The summed E-state index contributed by atoms with van der Waals surface area (Å²) in [6.07, 6.45) is 3.63. The SMILES string of the molecule is COC(=O)Cn1cc(-c2cc3c(c(OC(F)F)c2)C(=O)N([C@@H](C)C2CC2)C3)c2c(OC)nc(NC(C)=O)nc21. The Morgan fingerprint density at radius 1 is 1.21 bits per heavy atom. The summed E-state index contributed by atoms with van der Waals surface area (Å²) in [5.41, 5.74) is 1.78. The van der Waals surface area contributed by atoms with Crippen LogP contribution < -0.4 is 14.8 Å². The molecule has 1 fully saturated rings. The number of nitrogens with one attached hydrogen (secondary N) is 1. The summed E-state index contributed by atoms with van der Waals surface area (Å²) in [5, 5.41) is 2.86. The van der Waals surface area contributed by atoms with Crippen LogP contribution in [0.3, 0.4) is 0 Å². The number of alkyl halides is 2. The number of halogens is 2. The number of methoxy groups -OCH3 is 2. The molecule has 3 aromatic rings. The molecule has 0 bridgehead atoms. The molecule has 1 aromatic carbocycles. The van der Waals surface area contributed by atoms with Crippen molar-refractivity contribution in [2.45, 2.75) is 52.4 Å². The van der Waals surface area contributed by atoms with Gasteiger partial charge in [0.15, 0.2) is 5.65 Å². The zero-order valence-electron chi connectivity index (χ0n) is 21.8. The molecule has 0 radical (unpaired) electrons. The van der Waals surface area contributed by atoms with Gasteiger partial charge in [-0.2, -0.15) is 18.7 Å². The minimum absolute atomic E-state index is 0.0320. The number of fused-ring (bicyclic) bond motifs is 2. The number of amides is 2. The van der Waals surface area contributed by atoms with E-state index in [9.17, 15) is 23.2 Å². The van der Waals surface area contributed by atoms with Crippen LogP contribution in [0.4, 0.5) is 14.7 Å². The molecular weight excluding hydrogens is 516 g/mol. The van der Waals surface area contributed by atoms with Crippen molar-refractivity contribution in [3.05, 3.63) is 29.5 Å². The van der Waals surface area contributed by atoms with Crippen molar-refractivity contribution >= 4 is 34.8 Å². The summed E-state index contributed by atoms with van der Waals surface area (Å²) in [5.74, 6) is -1.14. The van der Waals surface area contributed by atoms with Crippen LogP contribution in [0, 0.1) is 5.92 Å². The van der Waals surface area contributed by atoms with Gasteiger partial charge >= 0.3 is 12.6 Å². The number of anilines is 1. The monoisotopic (exact) mass is 543 g/mol. The van der Waals surface area contributed by atoms with E-state index in [1.165, 1.54) is 31.8 Å². The van der Waals surface area contributed by atoms with E-state index < -0.39 is 18.5 Å². The second-order valence-electron chi connectivity index (χ2n) is 9.58. The van der Waals surface area contributed by atoms with Gasteiger partial charge in [-0.05, 0) is 48.9 Å². The summed E-state index contributed by atoms with van der Waals surface area (Å²) < 4.78 is 43.6. The van der Waals surface area contributed by atoms with Gasteiger partial charge in [0.05, 0.1) is 25.2 Å². The molecule has 2 aromatic heterocycles. The van der Waals surface area contributed by atoms with Crippen molar-refractivity contribution in [3.8, 4) is 22.8 Å². The molecule has 0 saturated heterocycles. The van der Waals surface area contributed by atoms with Crippen molar-refractivity contribution in [3.63, 3.8) is 0 Å². The third-order valence-electron chi connectivity index (χ3n) is 7.01. The maximum Gasteiger partial charge on any atom is 0.387 e. The molecule has 2 amide bonds. The molecule has 206 valence electrons. The molecule has 1 atom stereocenters. The lowest BCUT2D eigenvalue weighted by Crippen LogP contribution is -2.34. The summed E-state index contributed by atoms with van der Waals surface area (Å²) in [7, 11) is 2.62. The van der Waals surface area contributed by atoms with Crippen LogP contribution in [0.2, 0.25) is 0 Å². The first-order valence-electron chi connectivity index (χ1n) is 12.3. The van der Waals surface area contributed by atoms with Gasteiger partial charge in [-0.15, -0.1) is 0 Å². The quantitative estimate of drug-likeness (QED) is 0.406. The number of esters is 1. The van der Waals surface area contributed by atoms with Crippen LogP contribution in [0.5, 0.6) is 11.6 Å². The van der Waals surface area contributed by atoms with E-state index >= 15 is 0 Å². The van der Waals surface area contributed by atoms with E-state index in [1.54, 1.807) is 17.2 Å². The third-order valence-corrected chi connectivity index (χ3v) is 7.01. The van der Waals surface area contributed by atoms with E-state index in [-0.39, 0.29) is 53.8 Å². The van der Waals surface area contributed by atoms with Crippen LogP contribution in [0.1, 0.15) is 42.6 Å². The molecule has 1 N–H and O–H groups in total. The lowest BCUT2D eigenvalue weighted by molar-refractivity contribution is -0.141. The number of hydrogen-bond donors (Lipinski definition) is 1. The standard InChI is InChI=1S/C26H27F2N5O6/c1-12(14-5-6-14)33-9-16-7-15(8-18(39-25(27)28)20(16)24(33)36)17-10-32(11-19(35)37-3)22-21(17)23(38-4)31-26(30-22)29-13(2)34/h7-8,10,12,14,25H,5-6,9,11H2,1-4H3,(H,29,30,31,34)/t12-/m0/s1. The molecule has 0 spiro atoms. The minimum atomic E-state index is -3.15. The van der Waals surface area contributed by atoms with Gasteiger partial charge in [-0.1, -0.05) is 0 Å². The molecule has 13 heteroatoms. The molecule has 2 aliphatic rings. The Kier molecular flexibility index (Phi) is 6.83. The Hall–Kier alpha value is -4.29. The Morgan fingerprint density at radius 3 is 2.56 bits per heavy atom. The number of ether oxygens (including phenoxy) is 3. The molecule has 1 aliphatic heterocycles. The van der Waals surface area contributed by atoms with Crippen molar-refractivity contribution in [1.29, 1.82) is 0 Å². The Balaban J connectivity index is 1.69. The molecule has 0 unspecified atom stereocenters. The fourth-order valence-corrected chi connectivity index (χ4v) is 5.00. The van der Waals surface area contributed by atoms with Crippen LogP contribution in [-0.4, -0.2) is 64.1 Å². The highest BCUT2D eigenvalue weighted by Crippen LogP contribution is 2.44. The van der Waals surface area contributed by atoms with Crippen molar-refractivity contribution in [2.75, 3.05) is 19.5 Å². The summed E-state index contributed by atoms with van der Waals surface area (Å²) >= 11 is 0. The number of carbonyl (C=O) groups excluding carboxylic acids is 3. The van der Waals surface area contributed by atoms with Crippen molar-refractivity contribution in [2.24, 2.45) is 5.92 Å². The smallest absolute Gasteiger partial charge is 0.387 e. The second kappa shape index (κ2) is 10.1. The third kappa shape index (κ3) is 4.95. The largest absolute Gasteiger partial charge is 0.480 e. The molecule has 1 aliphatic carbocycles. The highest BCUT2D eigenvalue weighted by molar-refractivity contribution is 6.04. The van der Waals surface area contributed by atoms with E-state index in [0.29, 0.717) is 28.0 Å². The maximum atomic E-state index is 13.5. The number of rotatable bonds is 9. The average molecular weight is 544 g/mol. The predicted octanol–water partition coefficient (Wildman–Crippen LogP) is 3.59. The predicted molar refractivity (Wildman–Crippen MR) is 135 cm³/mol. The average Bonchev–Trinajstić information content (AvgIpc) is 3.60. The molecule has 3 heterocycles. The van der Waals surface area contributed by atoms with Gasteiger partial charge in [0.1, 0.15) is 12.3 Å². The highest BCUT2D eigenvalue weighted by atomic mass is 19.3. The maximum absolute atomic E-state index is 13.5. The topological polar surface area (TPSA) is 125 Å². The molecular formula is C26H27F2N5O6. The normalized spacial score (nSPS) is 15.5. The first kappa shape index (κ1) is 26.3. The van der Waals surface area contributed by atoms with Crippen LogP contribution >= 0.6 is 0 Å². The summed E-state index contributed by atoms with van der Waals surface area (Å²) in [4.78, 5) is 47.5. The van der Waals surface area contributed by atoms with Gasteiger partial charge in [-0.25, -0.2) is 0 Å². The fourth-order valence-electron chi connectivity index (χ4n) is 5.00. The number of nitrogens with zero attached hydrogens (tertiary/aromatic N) is 4. The second-order valence-corrected chi connectivity index (χ2v) is 9.58. The van der Waals surface area contributed by atoms with Crippen molar-refractivity contribution < 1.29 is 37.4 Å². The number of hydrogen-bond acceptors (Lipinski definition) is 8. The van der Waals surface area contributed by atoms with E-state index in [2.05, 4.69) is 15.3 Å². The molecule has 39 heavy (non-hydrogen) atoms.